The Kier molecular flexibility index (Phi) is 6.60. The number of fused-ring (bicyclic) bond motifs is 1. The van der Waals surface area contributed by atoms with E-state index in [2.05, 4.69) is 13.5 Å². The van der Waals surface area contributed by atoms with Crippen molar-refractivity contribution in [1.82, 2.24) is 5.06 Å². The standard InChI is InChI=1S/C22H37NO2/c1-4-25-23-15-20-17(3)14-19(21(20)22(23)24)16(2)13-18-11-9-7-5-6-8-10-12-18/h17-21H,2,4-15H2,1,3H3. The second-order valence-electron chi connectivity index (χ2n) is 8.75. The number of hydroxylamine groups is 2. The van der Waals surface area contributed by atoms with E-state index in [4.69, 9.17) is 4.84 Å². The molecular weight excluding hydrogens is 310 g/mol. The summed E-state index contributed by atoms with van der Waals surface area (Å²) in [5.74, 6) is 2.58. The van der Waals surface area contributed by atoms with Gasteiger partial charge in [0.2, 0.25) is 5.91 Å². The zero-order chi connectivity index (χ0) is 17.8. The fourth-order valence-corrected chi connectivity index (χ4v) is 5.61. The van der Waals surface area contributed by atoms with E-state index in [0.717, 1.165) is 25.3 Å². The number of amides is 1. The molecule has 3 rings (SSSR count). The molecule has 1 amide bonds. The summed E-state index contributed by atoms with van der Waals surface area (Å²) in [6.45, 7) is 10.1. The van der Waals surface area contributed by atoms with Crippen molar-refractivity contribution >= 4 is 5.91 Å². The molecular formula is C22H37NO2. The Morgan fingerprint density at radius 1 is 1.16 bits per heavy atom. The summed E-state index contributed by atoms with van der Waals surface area (Å²) in [5.41, 5.74) is 1.36. The van der Waals surface area contributed by atoms with Gasteiger partial charge in [0.1, 0.15) is 0 Å². The second kappa shape index (κ2) is 8.70. The molecule has 2 aliphatic carbocycles. The van der Waals surface area contributed by atoms with Gasteiger partial charge in [0.15, 0.2) is 0 Å². The number of nitrogens with zero attached hydrogens (tertiary/aromatic N) is 1. The highest BCUT2D eigenvalue weighted by atomic mass is 16.7. The van der Waals surface area contributed by atoms with Crippen LogP contribution in [0.5, 0.6) is 0 Å². The molecule has 2 saturated carbocycles. The maximum atomic E-state index is 12.8. The third kappa shape index (κ3) is 4.30. The van der Waals surface area contributed by atoms with E-state index in [9.17, 15) is 4.79 Å². The van der Waals surface area contributed by atoms with E-state index in [1.54, 1.807) is 5.06 Å². The van der Waals surface area contributed by atoms with Gasteiger partial charge in [0.25, 0.3) is 0 Å². The molecule has 0 radical (unpaired) electrons. The van der Waals surface area contributed by atoms with E-state index in [0.29, 0.717) is 24.4 Å². The SMILES string of the molecule is C=C(CC1CCCCCCCC1)C1CC(C)C2CN(OCC)C(=O)C12. The first-order valence-electron chi connectivity index (χ1n) is 10.7. The number of carbonyl (C=O) groups is 1. The minimum Gasteiger partial charge on any atom is -0.272 e. The van der Waals surface area contributed by atoms with Crippen molar-refractivity contribution in [1.29, 1.82) is 0 Å². The van der Waals surface area contributed by atoms with Crippen LogP contribution in [0.15, 0.2) is 12.2 Å². The zero-order valence-corrected chi connectivity index (χ0v) is 16.3. The molecule has 0 bridgehead atoms. The normalized spacial score (nSPS) is 34.5. The van der Waals surface area contributed by atoms with Crippen LogP contribution in [0.25, 0.3) is 0 Å². The molecule has 142 valence electrons. The highest BCUT2D eigenvalue weighted by Crippen LogP contribution is 2.50. The molecule has 1 saturated heterocycles. The topological polar surface area (TPSA) is 29.5 Å². The number of hydrogen-bond acceptors (Lipinski definition) is 2. The van der Waals surface area contributed by atoms with Crippen molar-refractivity contribution in [2.75, 3.05) is 13.2 Å². The number of allylic oxidation sites excluding steroid dienone is 1. The summed E-state index contributed by atoms with van der Waals surface area (Å²) in [4.78, 5) is 18.4. The summed E-state index contributed by atoms with van der Waals surface area (Å²) in [6, 6.07) is 0. The first kappa shape index (κ1) is 18.9. The molecule has 3 nitrogen and oxygen atoms in total. The van der Waals surface area contributed by atoms with Crippen LogP contribution >= 0.6 is 0 Å². The van der Waals surface area contributed by atoms with Gasteiger partial charge >= 0.3 is 0 Å². The molecule has 0 N–H and O–H groups in total. The number of hydrogen-bond donors (Lipinski definition) is 0. The average molecular weight is 348 g/mol. The van der Waals surface area contributed by atoms with E-state index < -0.39 is 0 Å². The molecule has 0 aromatic heterocycles. The van der Waals surface area contributed by atoms with Gasteiger partial charge in [-0.1, -0.05) is 70.4 Å². The maximum Gasteiger partial charge on any atom is 0.250 e. The van der Waals surface area contributed by atoms with Crippen molar-refractivity contribution < 1.29 is 9.63 Å². The van der Waals surface area contributed by atoms with Crippen LogP contribution in [0.3, 0.4) is 0 Å². The lowest BCUT2D eigenvalue weighted by atomic mass is 9.80. The molecule has 1 aliphatic heterocycles. The van der Waals surface area contributed by atoms with Crippen LogP contribution in [0.4, 0.5) is 0 Å². The Balaban J connectivity index is 1.62. The lowest BCUT2D eigenvalue weighted by molar-refractivity contribution is -0.179. The average Bonchev–Trinajstić information content (AvgIpc) is 3.12. The fraction of sp³-hybridized carbons (Fsp3) is 0.864. The molecule has 1 heterocycles. The zero-order valence-electron chi connectivity index (χ0n) is 16.3. The Bertz CT molecular complexity index is 465. The van der Waals surface area contributed by atoms with Crippen LogP contribution in [0.1, 0.15) is 78.1 Å². The number of carbonyl (C=O) groups excluding carboxylic acids is 1. The molecule has 0 spiro atoms. The van der Waals surface area contributed by atoms with Crippen LogP contribution in [-0.2, 0) is 9.63 Å². The molecule has 3 heteroatoms. The van der Waals surface area contributed by atoms with Gasteiger partial charge in [-0.2, -0.15) is 0 Å². The first-order chi connectivity index (χ1) is 12.1. The van der Waals surface area contributed by atoms with Gasteiger partial charge in [-0.05, 0) is 43.4 Å². The van der Waals surface area contributed by atoms with Gasteiger partial charge in [-0.3, -0.25) is 9.63 Å². The Morgan fingerprint density at radius 3 is 2.44 bits per heavy atom. The van der Waals surface area contributed by atoms with Gasteiger partial charge in [0, 0.05) is 0 Å². The van der Waals surface area contributed by atoms with E-state index >= 15 is 0 Å². The molecule has 4 atom stereocenters. The highest BCUT2D eigenvalue weighted by molar-refractivity contribution is 5.81. The monoisotopic (exact) mass is 347 g/mol. The summed E-state index contributed by atoms with van der Waals surface area (Å²) >= 11 is 0. The minimum absolute atomic E-state index is 0.130. The second-order valence-corrected chi connectivity index (χ2v) is 8.75. The highest BCUT2D eigenvalue weighted by Gasteiger charge is 2.53. The summed E-state index contributed by atoms with van der Waals surface area (Å²) < 4.78 is 0. The van der Waals surface area contributed by atoms with Gasteiger partial charge < -0.3 is 0 Å². The van der Waals surface area contributed by atoms with E-state index in [-0.39, 0.29) is 11.8 Å². The molecule has 0 aromatic carbocycles. The first-order valence-corrected chi connectivity index (χ1v) is 10.7. The Hall–Kier alpha value is -0.830. The lowest BCUT2D eigenvalue weighted by Gasteiger charge is -2.25. The summed E-state index contributed by atoms with van der Waals surface area (Å²) in [7, 11) is 0. The third-order valence-electron chi connectivity index (χ3n) is 6.99. The molecule has 4 unspecified atom stereocenters. The third-order valence-corrected chi connectivity index (χ3v) is 6.99. The largest absolute Gasteiger partial charge is 0.272 e. The maximum absolute atomic E-state index is 12.8. The van der Waals surface area contributed by atoms with Crippen molar-refractivity contribution in [3.8, 4) is 0 Å². The number of rotatable bonds is 5. The van der Waals surface area contributed by atoms with E-state index in [1.165, 1.54) is 56.9 Å². The Morgan fingerprint density at radius 2 is 1.80 bits per heavy atom. The van der Waals surface area contributed by atoms with Crippen LogP contribution < -0.4 is 0 Å². The predicted molar refractivity (Wildman–Crippen MR) is 102 cm³/mol. The van der Waals surface area contributed by atoms with Crippen molar-refractivity contribution in [3.05, 3.63) is 12.2 Å². The van der Waals surface area contributed by atoms with E-state index in [1.807, 2.05) is 6.92 Å². The Labute approximate surface area is 154 Å². The van der Waals surface area contributed by atoms with Crippen LogP contribution in [0, 0.1) is 29.6 Å². The van der Waals surface area contributed by atoms with Gasteiger partial charge in [-0.25, -0.2) is 5.06 Å². The van der Waals surface area contributed by atoms with Crippen LogP contribution in [-0.4, -0.2) is 24.1 Å². The fourth-order valence-electron chi connectivity index (χ4n) is 5.61. The molecule has 3 aliphatic rings. The van der Waals surface area contributed by atoms with Crippen LogP contribution in [0.2, 0.25) is 0 Å². The van der Waals surface area contributed by atoms with Crippen molar-refractivity contribution in [2.24, 2.45) is 29.6 Å². The van der Waals surface area contributed by atoms with Gasteiger partial charge in [0.05, 0.1) is 19.1 Å². The summed E-state index contributed by atoms with van der Waals surface area (Å²) in [6.07, 6.45) is 13.4. The molecule has 0 aromatic rings. The summed E-state index contributed by atoms with van der Waals surface area (Å²) in [5, 5.41) is 1.64. The van der Waals surface area contributed by atoms with Crippen molar-refractivity contribution in [2.45, 2.75) is 78.1 Å². The smallest absolute Gasteiger partial charge is 0.250 e. The lowest BCUT2D eigenvalue weighted by Crippen LogP contribution is -2.30. The predicted octanol–water partition coefficient (Wildman–Crippen LogP) is 5.37. The quantitative estimate of drug-likeness (QED) is 0.626. The molecule has 3 fully saturated rings. The molecule has 25 heavy (non-hydrogen) atoms. The van der Waals surface area contributed by atoms with Gasteiger partial charge in [-0.15, -0.1) is 0 Å². The van der Waals surface area contributed by atoms with Crippen molar-refractivity contribution in [3.63, 3.8) is 0 Å². The minimum atomic E-state index is 0.130.